The number of hydrogen-bond acceptors (Lipinski definition) is 4. The molecule has 6 nitrogen and oxygen atoms in total. The van der Waals surface area contributed by atoms with Crippen LogP contribution in [0.5, 0.6) is 0 Å². The standard InChI is InChI=1S/C22H22F3N3O3/c23-22(24,25)19-14-17(7-8-26-19)15-3-5-16(6-4-15)20(29)27-9-11-28(12-10-27)21(30)18-2-1-13-31-18/h3-8,14,18H,1-2,9-13H2/t18-/m0/s1. The van der Waals surface area contributed by atoms with Gasteiger partial charge in [0.2, 0.25) is 0 Å². The van der Waals surface area contributed by atoms with Gasteiger partial charge in [-0.15, -0.1) is 0 Å². The molecule has 31 heavy (non-hydrogen) atoms. The average Bonchev–Trinajstić information content (AvgIpc) is 3.33. The summed E-state index contributed by atoms with van der Waals surface area (Å²) in [6, 6.07) is 8.95. The number of carbonyl (C=O) groups excluding carboxylic acids is 2. The molecule has 0 N–H and O–H groups in total. The van der Waals surface area contributed by atoms with Gasteiger partial charge in [-0.1, -0.05) is 12.1 Å². The predicted octanol–water partition coefficient (Wildman–Crippen LogP) is 3.23. The van der Waals surface area contributed by atoms with Gasteiger partial charge in [0, 0.05) is 44.5 Å². The van der Waals surface area contributed by atoms with Crippen molar-refractivity contribution in [3.63, 3.8) is 0 Å². The minimum absolute atomic E-state index is 0.00970. The van der Waals surface area contributed by atoms with Crippen molar-refractivity contribution in [3.8, 4) is 11.1 Å². The van der Waals surface area contributed by atoms with Gasteiger partial charge in [-0.3, -0.25) is 14.6 Å². The van der Waals surface area contributed by atoms with Crippen molar-refractivity contribution >= 4 is 11.8 Å². The molecule has 0 saturated carbocycles. The fourth-order valence-electron chi connectivity index (χ4n) is 3.86. The Bertz CT molecular complexity index is 948. The summed E-state index contributed by atoms with van der Waals surface area (Å²) in [4.78, 5) is 32.0. The second kappa shape index (κ2) is 8.66. The van der Waals surface area contributed by atoms with Gasteiger partial charge < -0.3 is 14.5 Å². The summed E-state index contributed by atoms with van der Waals surface area (Å²) in [6.45, 7) is 2.39. The summed E-state index contributed by atoms with van der Waals surface area (Å²) in [5.41, 5.74) is 0.437. The van der Waals surface area contributed by atoms with E-state index in [-0.39, 0.29) is 17.9 Å². The van der Waals surface area contributed by atoms with E-state index in [1.807, 2.05) is 0 Å². The molecule has 1 atom stereocenters. The third-order valence-corrected chi connectivity index (χ3v) is 5.60. The summed E-state index contributed by atoms with van der Waals surface area (Å²) in [5, 5.41) is 0. The zero-order chi connectivity index (χ0) is 22.0. The van der Waals surface area contributed by atoms with Gasteiger partial charge in [0.05, 0.1) is 0 Å². The van der Waals surface area contributed by atoms with Crippen LogP contribution in [0.15, 0.2) is 42.6 Å². The number of ether oxygens (including phenoxy) is 1. The summed E-state index contributed by atoms with van der Waals surface area (Å²) in [5.74, 6) is -0.175. The lowest BCUT2D eigenvalue weighted by Crippen LogP contribution is -2.52. The van der Waals surface area contributed by atoms with Crippen molar-refractivity contribution in [2.24, 2.45) is 0 Å². The highest BCUT2D eigenvalue weighted by molar-refractivity contribution is 5.95. The van der Waals surface area contributed by atoms with Gasteiger partial charge >= 0.3 is 6.18 Å². The Hall–Kier alpha value is -2.94. The topological polar surface area (TPSA) is 62.7 Å². The fraction of sp³-hybridized carbons (Fsp3) is 0.409. The molecule has 0 bridgehead atoms. The zero-order valence-corrected chi connectivity index (χ0v) is 16.8. The molecular formula is C22H22F3N3O3. The maximum atomic E-state index is 12.9. The van der Waals surface area contributed by atoms with Crippen molar-refractivity contribution in [2.75, 3.05) is 32.8 Å². The third-order valence-electron chi connectivity index (χ3n) is 5.60. The van der Waals surface area contributed by atoms with E-state index in [1.165, 1.54) is 6.07 Å². The van der Waals surface area contributed by atoms with Crippen LogP contribution in [0.25, 0.3) is 11.1 Å². The Morgan fingerprint density at radius 2 is 1.65 bits per heavy atom. The van der Waals surface area contributed by atoms with Crippen molar-refractivity contribution in [1.29, 1.82) is 0 Å². The minimum Gasteiger partial charge on any atom is -0.368 e. The van der Waals surface area contributed by atoms with Crippen molar-refractivity contribution in [2.45, 2.75) is 25.1 Å². The van der Waals surface area contributed by atoms with E-state index >= 15 is 0 Å². The number of pyridine rings is 1. The van der Waals surface area contributed by atoms with E-state index in [2.05, 4.69) is 4.98 Å². The molecule has 2 saturated heterocycles. The van der Waals surface area contributed by atoms with Gasteiger partial charge in [0.15, 0.2) is 0 Å². The molecule has 1 aromatic heterocycles. The van der Waals surface area contributed by atoms with Crippen LogP contribution in [0, 0.1) is 0 Å². The van der Waals surface area contributed by atoms with Crippen molar-refractivity contribution < 1.29 is 27.5 Å². The van der Waals surface area contributed by atoms with Crippen LogP contribution >= 0.6 is 0 Å². The monoisotopic (exact) mass is 433 g/mol. The van der Waals surface area contributed by atoms with Crippen molar-refractivity contribution in [1.82, 2.24) is 14.8 Å². The molecular weight excluding hydrogens is 411 g/mol. The molecule has 164 valence electrons. The van der Waals surface area contributed by atoms with Crippen LogP contribution in [0.3, 0.4) is 0 Å². The number of benzene rings is 1. The third kappa shape index (κ3) is 4.71. The number of nitrogens with zero attached hydrogens (tertiary/aromatic N) is 3. The van der Waals surface area contributed by atoms with Gasteiger partial charge in [0.1, 0.15) is 11.8 Å². The number of alkyl halides is 3. The Labute approximate surface area is 177 Å². The predicted molar refractivity (Wildman–Crippen MR) is 106 cm³/mol. The van der Waals surface area contributed by atoms with Crippen molar-refractivity contribution in [3.05, 3.63) is 53.9 Å². The van der Waals surface area contributed by atoms with E-state index < -0.39 is 11.9 Å². The molecule has 2 amide bonds. The van der Waals surface area contributed by atoms with Gasteiger partial charge in [-0.2, -0.15) is 13.2 Å². The molecule has 2 aliphatic heterocycles. The molecule has 2 fully saturated rings. The number of hydrogen-bond donors (Lipinski definition) is 0. The summed E-state index contributed by atoms with van der Waals surface area (Å²) in [7, 11) is 0. The molecule has 0 unspecified atom stereocenters. The highest BCUT2D eigenvalue weighted by Gasteiger charge is 2.33. The van der Waals surface area contributed by atoms with E-state index in [0.29, 0.717) is 49.5 Å². The normalized spacial score (nSPS) is 19.5. The minimum atomic E-state index is -4.51. The smallest absolute Gasteiger partial charge is 0.368 e. The number of amides is 2. The second-order valence-corrected chi connectivity index (χ2v) is 7.62. The average molecular weight is 433 g/mol. The lowest BCUT2D eigenvalue weighted by Gasteiger charge is -2.35. The Morgan fingerprint density at radius 3 is 2.26 bits per heavy atom. The van der Waals surface area contributed by atoms with Crippen LogP contribution in [-0.2, 0) is 15.7 Å². The van der Waals surface area contributed by atoms with Gasteiger partial charge in [-0.05, 0) is 48.2 Å². The fourth-order valence-corrected chi connectivity index (χ4v) is 3.86. The molecule has 0 aliphatic carbocycles. The zero-order valence-electron chi connectivity index (χ0n) is 16.8. The number of rotatable bonds is 3. The first kappa shape index (κ1) is 21.3. The summed E-state index contributed by atoms with van der Waals surface area (Å²) >= 11 is 0. The maximum absolute atomic E-state index is 12.9. The molecule has 3 heterocycles. The first-order valence-electron chi connectivity index (χ1n) is 10.2. The first-order chi connectivity index (χ1) is 14.8. The lowest BCUT2D eigenvalue weighted by molar-refractivity contribution is -0.142. The molecule has 1 aromatic carbocycles. The number of piperazine rings is 1. The number of halogens is 3. The Kier molecular flexibility index (Phi) is 5.95. The molecule has 2 aliphatic rings. The van der Waals surface area contributed by atoms with Crippen LogP contribution in [0.1, 0.15) is 28.9 Å². The summed E-state index contributed by atoms with van der Waals surface area (Å²) < 4.78 is 44.1. The summed E-state index contributed by atoms with van der Waals surface area (Å²) in [6.07, 6.45) is -2.12. The van der Waals surface area contributed by atoms with Gasteiger partial charge in [-0.25, -0.2) is 0 Å². The quantitative estimate of drug-likeness (QED) is 0.746. The molecule has 0 radical (unpaired) electrons. The largest absolute Gasteiger partial charge is 0.433 e. The van der Waals surface area contributed by atoms with E-state index in [1.54, 1.807) is 34.1 Å². The van der Waals surface area contributed by atoms with Crippen LogP contribution < -0.4 is 0 Å². The molecule has 2 aromatic rings. The Morgan fingerprint density at radius 1 is 0.968 bits per heavy atom. The maximum Gasteiger partial charge on any atom is 0.433 e. The number of aromatic nitrogens is 1. The van der Waals surface area contributed by atoms with Gasteiger partial charge in [0.25, 0.3) is 11.8 Å². The van der Waals surface area contributed by atoms with Crippen LogP contribution in [0.4, 0.5) is 13.2 Å². The molecule has 0 spiro atoms. The SMILES string of the molecule is O=C(c1ccc(-c2ccnc(C(F)(F)F)c2)cc1)N1CCN(C(=O)[C@@H]2CCCO2)CC1. The molecule has 9 heteroatoms. The van der Waals surface area contributed by atoms with E-state index in [4.69, 9.17) is 4.74 Å². The number of carbonyl (C=O) groups is 2. The van der Waals surface area contributed by atoms with Crippen LogP contribution in [-0.4, -0.2) is 65.5 Å². The Balaban J connectivity index is 1.38. The highest BCUT2D eigenvalue weighted by atomic mass is 19.4. The van der Waals surface area contributed by atoms with Crippen LogP contribution in [0.2, 0.25) is 0 Å². The molecule has 4 rings (SSSR count). The first-order valence-corrected chi connectivity index (χ1v) is 10.2. The second-order valence-electron chi connectivity index (χ2n) is 7.62. The van der Waals surface area contributed by atoms with E-state index in [9.17, 15) is 22.8 Å². The highest BCUT2D eigenvalue weighted by Crippen LogP contribution is 2.30. The lowest BCUT2D eigenvalue weighted by atomic mass is 10.0. The van der Waals surface area contributed by atoms with E-state index in [0.717, 1.165) is 25.1 Å².